The molecule has 0 aromatic heterocycles. The highest BCUT2D eigenvalue weighted by Crippen LogP contribution is 2.41. The van der Waals surface area contributed by atoms with Crippen LogP contribution in [0, 0.1) is 10.1 Å². The number of nitrogens with zero attached hydrogens (tertiary/aromatic N) is 1. The van der Waals surface area contributed by atoms with Gasteiger partial charge in [-0.15, -0.1) is 0 Å². The Morgan fingerprint density at radius 2 is 1.94 bits per heavy atom. The Kier molecular flexibility index (Phi) is 4.49. The highest BCUT2D eigenvalue weighted by Gasteiger charge is 2.43. The Morgan fingerprint density at radius 1 is 1.39 bits per heavy atom. The van der Waals surface area contributed by atoms with Crippen LogP contribution in [0.15, 0.2) is 16.6 Å². The van der Waals surface area contributed by atoms with Crippen molar-refractivity contribution in [2.75, 3.05) is 5.33 Å². The van der Waals surface area contributed by atoms with Crippen LogP contribution in [0.1, 0.15) is 15.9 Å². The summed E-state index contributed by atoms with van der Waals surface area (Å²) in [4.78, 5) is 20.9. The molecule has 0 aliphatic carbocycles. The molecule has 0 saturated heterocycles. The number of rotatable bonds is 3. The Bertz CT molecular complexity index is 517. The van der Waals surface area contributed by atoms with Crippen molar-refractivity contribution < 1.29 is 22.9 Å². The molecule has 18 heavy (non-hydrogen) atoms. The van der Waals surface area contributed by atoms with Crippen LogP contribution in [0.5, 0.6) is 0 Å². The average molecular weight is 391 g/mol. The molecular formula is C9H4Br2F3NO3. The van der Waals surface area contributed by atoms with Crippen LogP contribution >= 0.6 is 31.9 Å². The first-order valence-electron chi connectivity index (χ1n) is 4.33. The molecule has 0 fully saturated rings. The molecule has 0 saturated carbocycles. The third kappa shape index (κ3) is 2.89. The molecule has 9 heteroatoms. The summed E-state index contributed by atoms with van der Waals surface area (Å²) >= 11 is 5.54. The highest BCUT2D eigenvalue weighted by atomic mass is 79.9. The van der Waals surface area contributed by atoms with Crippen LogP contribution in [0.3, 0.4) is 0 Å². The Labute approximate surface area is 116 Å². The fourth-order valence-corrected chi connectivity index (χ4v) is 2.18. The standard InChI is InChI=1S/C9H4Br2F3NO3/c10-3-6(16)7-4(11)1-2-5(15(17)18)8(7)9(12,13)14/h1-2H,3H2. The van der Waals surface area contributed by atoms with Crippen molar-refractivity contribution in [2.24, 2.45) is 0 Å². The van der Waals surface area contributed by atoms with Crippen molar-refractivity contribution in [3.8, 4) is 0 Å². The van der Waals surface area contributed by atoms with Gasteiger partial charge in [-0.25, -0.2) is 0 Å². The number of nitro groups is 1. The molecule has 0 N–H and O–H groups in total. The number of carbonyl (C=O) groups is 1. The molecule has 4 nitrogen and oxygen atoms in total. The van der Waals surface area contributed by atoms with Crippen LogP contribution in [0.4, 0.5) is 18.9 Å². The van der Waals surface area contributed by atoms with Crippen LogP contribution in [-0.4, -0.2) is 16.0 Å². The molecule has 0 radical (unpaired) electrons. The van der Waals surface area contributed by atoms with Gasteiger partial charge < -0.3 is 0 Å². The summed E-state index contributed by atoms with van der Waals surface area (Å²) in [6, 6.07) is 1.75. The first-order chi connectivity index (χ1) is 8.20. The molecule has 1 rings (SSSR count). The van der Waals surface area contributed by atoms with Crippen LogP contribution < -0.4 is 0 Å². The van der Waals surface area contributed by atoms with Crippen molar-refractivity contribution in [3.05, 3.63) is 37.8 Å². The zero-order chi connectivity index (χ0) is 14.1. The van der Waals surface area contributed by atoms with E-state index in [0.717, 1.165) is 6.07 Å². The minimum Gasteiger partial charge on any atom is -0.293 e. The van der Waals surface area contributed by atoms with E-state index < -0.39 is 33.7 Å². The summed E-state index contributed by atoms with van der Waals surface area (Å²) in [5.41, 5.74) is -3.42. The number of carbonyl (C=O) groups excluding carboxylic acids is 1. The smallest absolute Gasteiger partial charge is 0.293 e. The predicted octanol–water partition coefficient (Wildman–Crippen LogP) is 3.95. The molecule has 0 heterocycles. The van der Waals surface area contributed by atoms with Crippen molar-refractivity contribution in [2.45, 2.75) is 6.18 Å². The summed E-state index contributed by atoms with van der Waals surface area (Å²) in [5.74, 6) is -0.891. The predicted molar refractivity (Wildman–Crippen MR) is 63.9 cm³/mol. The quantitative estimate of drug-likeness (QED) is 0.340. The normalized spacial score (nSPS) is 11.4. The molecule has 0 unspecified atom stereocenters. The third-order valence-electron chi connectivity index (χ3n) is 2.01. The molecule has 98 valence electrons. The second-order valence-corrected chi connectivity index (χ2v) is 4.54. The number of ketones is 1. The lowest BCUT2D eigenvalue weighted by molar-refractivity contribution is -0.388. The molecule has 0 aliphatic heterocycles. The van der Waals surface area contributed by atoms with Gasteiger partial charge >= 0.3 is 6.18 Å². The largest absolute Gasteiger partial charge is 0.423 e. The minimum atomic E-state index is -4.99. The van der Waals surface area contributed by atoms with Gasteiger partial charge in [0.25, 0.3) is 5.69 Å². The fourth-order valence-electron chi connectivity index (χ4n) is 1.34. The van der Waals surface area contributed by atoms with Gasteiger partial charge in [-0.2, -0.15) is 13.2 Å². The van der Waals surface area contributed by atoms with Gasteiger partial charge in [0.1, 0.15) is 5.56 Å². The molecule has 1 aromatic rings. The van der Waals surface area contributed by atoms with E-state index in [-0.39, 0.29) is 9.80 Å². The average Bonchev–Trinajstić information content (AvgIpc) is 2.25. The van der Waals surface area contributed by atoms with Gasteiger partial charge in [-0.3, -0.25) is 14.9 Å². The summed E-state index contributed by atoms with van der Waals surface area (Å²) in [7, 11) is 0. The second kappa shape index (κ2) is 5.35. The van der Waals surface area contributed by atoms with E-state index >= 15 is 0 Å². The number of hydrogen-bond donors (Lipinski definition) is 0. The Morgan fingerprint density at radius 3 is 2.33 bits per heavy atom. The van der Waals surface area contributed by atoms with Gasteiger partial charge in [0, 0.05) is 10.5 Å². The minimum absolute atomic E-state index is 0.134. The van der Waals surface area contributed by atoms with Gasteiger partial charge in [-0.1, -0.05) is 31.9 Å². The van der Waals surface area contributed by atoms with E-state index in [9.17, 15) is 28.1 Å². The first kappa shape index (κ1) is 15.1. The van der Waals surface area contributed by atoms with Gasteiger partial charge in [0.05, 0.1) is 15.8 Å². The Hall–Kier alpha value is -0.960. The summed E-state index contributed by atoms with van der Waals surface area (Å²) < 4.78 is 38.4. The number of benzene rings is 1. The highest BCUT2D eigenvalue weighted by molar-refractivity contribution is 9.10. The molecular weight excluding hydrogens is 387 g/mol. The number of Topliss-reactive ketones (excluding diaryl/α,β-unsaturated/α-hetero) is 1. The SMILES string of the molecule is O=C(CBr)c1c(Br)ccc([N+](=O)[O-])c1C(F)(F)F. The maximum atomic E-state index is 12.9. The van der Waals surface area contributed by atoms with Crippen molar-refractivity contribution in [3.63, 3.8) is 0 Å². The molecule has 0 aliphatic rings. The van der Waals surface area contributed by atoms with E-state index in [2.05, 4.69) is 31.9 Å². The van der Waals surface area contributed by atoms with Gasteiger partial charge in [0.15, 0.2) is 5.78 Å². The van der Waals surface area contributed by atoms with Crippen molar-refractivity contribution >= 4 is 43.3 Å². The van der Waals surface area contributed by atoms with Crippen molar-refractivity contribution in [1.29, 1.82) is 0 Å². The molecule has 1 aromatic carbocycles. The molecule has 0 bridgehead atoms. The van der Waals surface area contributed by atoms with E-state index in [4.69, 9.17) is 0 Å². The van der Waals surface area contributed by atoms with E-state index in [1.54, 1.807) is 0 Å². The van der Waals surface area contributed by atoms with Crippen LogP contribution in [0.2, 0.25) is 0 Å². The zero-order valence-electron chi connectivity index (χ0n) is 8.42. The molecule has 0 amide bonds. The zero-order valence-corrected chi connectivity index (χ0v) is 11.6. The van der Waals surface area contributed by atoms with Crippen LogP contribution in [0.25, 0.3) is 0 Å². The van der Waals surface area contributed by atoms with E-state index in [1.165, 1.54) is 0 Å². The fraction of sp³-hybridized carbons (Fsp3) is 0.222. The number of alkyl halides is 4. The number of nitro benzene ring substituents is 1. The third-order valence-corrected chi connectivity index (χ3v) is 3.18. The monoisotopic (exact) mass is 389 g/mol. The molecule has 0 atom stereocenters. The molecule has 0 spiro atoms. The number of hydrogen-bond acceptors (Lipinski definition) is 3. The summed E-state index contributed by atoms with van der Waals surface area (Å²) in [6.45, 7) is 0. The number of halogens is 5. The van der Waals surface area contributed by atoms with Crippen LogP contribution in [-0.2, 0) is 6.18 Å². The summed E-state index contributed by atoms with van der Waals surface area (Å²) in [5, 5.41) is 10.2. The lowest BCUT2D eigenvalue weighted by Gasteiger charge is -2.13. The summed E-state index contributed by atoms with van der Waals surface area (Å²) in [6.07, 6.45) is -4.99. The van der Waals surface area contributed by atoms with E-state index in [1.807, 2.05) is 0 Å². The first-order valence-corrected chi connectivity index (χ1v) is 6.24. The van der Waals surface area contributed by atoms with E-state index in [0.29, 0.717) is 6.07 Å². The Balaban J connectivity index is 3.72. The second-order valence-electron chi connectivity index (χ2n) is 3.13. The maximum absolute atomic E-state index is 12.9. The van der Waals surface area contributed by atoms with Gasteiger partial charge in [0.2, 0.25) is 0 Å². The lowest BCUT2D eigenvalue weighted by Crippen LogP contribution is -2.17. The topological polar surface area (TPSA) is 60.2 Å². The van der Waals surface area contributed by atoms with Gasteiger partial charge in [-0.05, 0) is 6.07 Å². The van der Waals surface area contributed by atoms with Crippen molar-refractivity contribution in [1.82, 2.24) is 0 Å². The lowest BCUT2D eigenvalue weighted by atomic mass is 10.0. The maximum Gasteiger partial charge on any atom is 0.423 e.